The number of aromatic nitrogens is 6. The summed E-state index contributed by atoms with van der Waals surface area (Å²) in [5, 5.41) is 3.80. The Kier molecular flexibility index (Phi) is 3.20. The molecule has 0 radical (unpaired) electrons. The Hall–Kier alpha value is -3.25. The van der Waals surface area contributed by atoms with Crippen molar-refractivity contribution in [2.75, 3.05) is 18.0 Å². The summed E-state index contributed by atoms with van der Waals surface area (Å²) in [6, 6.07) is 1.15. The second-order valence-corrected chi connectivity index (χ2v) is 5.72. The SMILES string of the molecule is O=c1[nH]cc(-c2cc(N3CC(F)(F)C(F)(F)C3)n3ncnc3n2)c(=O)[nH]1. The molecule has 9 nitrogen and oxygen atoms in total. The molecular weight excluding hydrogens is 362 g/mol. The number of aromatic amines is 2. The van der Waals surface area contributed by atoms with Crippen molar-refractivity contribution in [3.63, 3.8) is 0 Å². The van der Waals surface area contributed by atoms with Crippen LogP contribution in [0.4, 0.5) is 23.4 Å². The van der Waals surface area contributed by atoms with Gasteiger partial charge in [-0.05, 0) is 0 Å². The summed E-state index contributed by atoms with van der Waals surface area (Å²) < 4.78 is 55.3. The third-order valence-electron chi connectivity index (χ3n) is 3.97. The van der Waals surface area contributed by atoms with Gasteiger partial charge in [0.15, 0.2) is 0 Å². The fourth-order valence-corrected chi connectivity index (χ4v) is 2.69. The second-order valence-electron chi connectivity index (χ2n) is 5.72. The van der Waals surface area contributed by atoms with Gasteiger partial charge in [-0.2, -0.15) is 32.2 Å². The normalized spacial score (nSPS) is 18.5. The predicted octanol–water partition coefficient (Wildman–Crippen LogP) is 0.258. The summed E-state index contributed by atoms with van der Waals surface area (Å²) in [4.78, 5) is 35.9. The van der Waals surface area contributed by atoms with Crippen molar-refractivity contribution in [1.29, 1.82) is 0 Å². The highest BCUT2D eigenvalue weighted by atomic mass is 19.3. The third kappa shape index (κ3) is 2.34. The zero-order valence-corrected chi connectivity index (χ0v) is 12.7. The summed E-state index contributed by atoms with van der Waals surface area (Å²) in [5.74, 6) is -8.66. The Morgan fingerprint density at radius 2 is 1.81 bits per heavy atom. The van der Waals surface area contributed by atoms with Crippen LogP contribution in [0.1, 0.15) is 0 Å². The largest absolute Gasteiger partial charge is 0.344 e. The average molecular weight is 371 g/mol. The molecule has 0 bridgehead atoms. The third-order valence-corrected chi connectivity index (χ3v) is 3.97. The zero-order chi connectivity index (χ0) is 18.7. The number of nitrogens with one attached hydrogen (secondary N) is 2. The van der Waals surface area contributed by atoms with E-state index in [1.807, 2.05) is 4.98 Å². The molecule has 0 unspecified atom stereocenters. The molecule has 1 fully saturated rings. The summed E-state index contributed by atoms with van der Waals surface area (Å²) >= 11 is 0. The standard InChI is InChI=1S/C13H9F4N7O2/c14-12(15)3-23(4-13(12,16)17)8-1-7(21-10-19-5-20-24(8)10)6-2-18-11(26)22-9(6)25/h1-2,5H,3-4H2,(H2,18,22,25,26). The predicted molar refractivity (Wildman–Crippen MR) is 79.6 cm³/mol. The quantitative estimate of drug-likeness (QED) is 0.625. The molecular formula is C13H9F4N7O2. The molecule has 2 N–H and O–H groups in total. The number of hydrogen-bond donors (Lipinski definition) is 2. The number of H-pyrrole nitrogens is 2. The molecule has 26 heavy (non-hydrogen) atoms. The minimum atomic E-state index is -4.22. The van der Waals surface area contributed by atoms with Gasteiger partial charge in [0.25, 0.3) is 11.3 Å². The van der Waals surface area contributed by atoms with Crippen LogP contribution < -0.4 is 16.1 Å². The number of alkyl halides is 4. The molecule has 3 aromatic rings. The van der Waals surface area contributed by atoms with Gasteiger partial charge in [-0.1, -0.05) is 0 Å². The molecule has 1 aliphatic heterocycles. The van der Waals surface area contributed by atoms with Gasteiger partial charge in [-0.25, -0.2) is 9.78 Å². The van der Waals surface area contributed by atoms with Crippen molar-refractivity contribution < 1.29 is 17.6 Å². The van der Waals surface area contributed by atoms with Crippen molar-refractivity contribution in [2.24, 2.45) is 0 Å². The zero-order valence-electron chi connectivity index (χ0n) is 12.7. The average Bonchev–Trinajstić information content (AvgIpc) is 3.08. The van der Waals surface area contributed by atoms with Gasteiger partial charge in [0.1, 0.15) is 12.1 Å². The molecule has 0 aromatic carbocycles. The van der Waals surface area contributed by atoms with Crippen LogP contribution in [0.5, 0.6) is 0 Å². The van der Waals surface area contributed by atoms with Gasteiger partial charge in [0.2, 0.25) is 0 Å². The summed E-state index contributed by atoms with van der Waals surface area (Å²) in [6.07, 6.45) is 2.15. The van der Waals surface area contributed by atoms with Crippen LogP contribution in [0.25, 0.3) is 17.0 Å². The Labute approximate surface area is 140 Å². The molecule has 0 atom stereocenters. The van der Waals surface area contributed by atoms with Crippen LogP contribution in [-0.2, 0) is 0 Å². The van der Waals surface area contributed by atoms with Crippen molar-refractivity contribution in [3.05, 3.63) is 39.4 Å². The lowest BCUT2D eigenvalue weighted by atomic mass is 10.2. The maximum Gasteiger partial charge on any atom is 0.329 e. The van der Waals surface area contributed by atoms with Crippen LogP contribution >= 0.6 is 0 Å². The van der Waals surface area contributed by atoms with Crippen LogP contribution in [0, 0.1) is 0 Å². The molecule has 13 heteroatoms. The first-order valence-electron chi connectivity index (χ1n) is 7.22. The molecule has 4 rings (SSSR count). The number of hydrogen-bond acceptors (Lipinski definition) is 6. The van der Waals surface area contributed by atoms with Gasteiger partial charge in [-0.3, -0.25) is 9.78 Å². The Bertz CT molecular complexity index is 1100. The first-order valence-corrected chi connectivity index (χ1v) is 7.22. The minimum Gasteiger partial charge on any atom is -0.344 e. The van der Waals surface area contributed by atoms with E-state index < -0.39 is 36.2 Å². The second kappa shape index (κ2) is 5.12. The molecule has 1 aliphatic rings. The Morgan fingerprint density at radius 3 is 2.46 bits per heavy atom. The van der Waals surface area contributed by atoms with E-state index in [0.29, 0.717) is 0 Å². The lowest BCUT2D eigenvalue weighted by Gasteiger charge is -2.18. The van der Waals surface area contributed by atoms with Crippen molar-refractivity contribution >= 4 is 11.6 Å². The fourth-order valence-electron chi connectivity index (χ4n) is 2.69. The van der Waals surface area contributed by atoms with Gasteiger partial charge in [0.05, 0.1) is 24.3 Å². The van der Waals surface area contributed by atoms with Gasteiger partial charge in [0, 0.05) is 12.3 Å². The molecule has 1 saturated heterocycles. The molecule has 0 saturated carbocycles. The lowest BCUT2D eigenvalue weighted by Crippen LogP contribution is -2.38. The van der Waals surface area contributed by atoms with Gasteiger partial charge >= 0.3 is 17.5 Å². The number of halogens is 4. The van der Waals surface area contributed by atoms with E-state index in [1.54, 1.807) is 0 Å². The highest BCUT2D eigenvalue weighted by Gasteiger charge is 2.63. The minimum absolute atomic E-state index is 0.0449. The van der Waals surface area contributed by atoms with E-state index in [1.165, 1.54) is 0 Å². The van der Waals surface area contributed by atoms with Crippen molar-refractivity contribution in [3.8, 4) is 11.3 Å². The van der Waals surface area contributed by atoms with Crippen LogP contribution in [0.3, 0.4) is 0 Å². The fraction of sp³-hybridized carbons (Fsp3) is 0.308. The van der Waals surface area contributed by atoms with E-state index in [9.17, 15) is 27.2 Å². The maximum absolute atomic E-state index is 13.6. The molecule has 0 aliphatic carbocycles. The smallest absolute Gasteiger partial charge is 0.329 e. The van der Waals surface area contributed by atoms with Crippen LogP contribution in [0.2, 0.25) is 0 Å². The van der Waals surface area contributed by atoms with E-state index >= 15 is 0 Å². The summed E-state index contributed by atoms with van der Waals surface area (Å²) in [6.45, 7) is -2.47. The topological polar surface area (TPSA) is 112 Å². The highest BCUT2D eigenvalue weighted by molar-refractivity contribution is 5.64. The molecule has 4 heterocycles. The summed E-state index contributed by atoms with van der Waals surface area (Å²) in [5.41, 5.74) is -1.67. The Balaban J connectivity index is 1.89. The first-order chi connectivity index (χ1) is 12.2. The number of nitrogens with zero attached hydrogens (tertiary/aromatic N) is 5. The number of fused-ring (bicyclic) bond motifs is 1. The molecule has 0 amide bonds. The number of rotatable bonds is 2. The lowest BCUT2D eigenvalue weighted by molar-refractivity contribution is -0.172. The van der Waals surface area contributed by atoms with Crippen LogP contribution in [0.15, 0.2) is 28.2 Å². The maximum atomic E-state index is 13.6. The Morgan fingerprint density at radius 1 is 1.12 bits per heavy atom. The first kappa shape index (κ1) is 16.2. The summed E-state index contributed by atoms with van der Waals surface area (Å²) in [7, 11) is 0. The number of anilines is 1. The highest BCUT2D eigenvalue weighted by Crippen LogP contribution is 2.42. The van der Waals surface area contributed by atoms with Crippen molar-refractivity contribution in [1.82, 2.24) is 29.5 Å². The van der Waals surface area contributed by atoms with E-state index in [4.69, 9.17) is 0 Å². The van der Waals surface area contributed by atoms with Crippen LogP contribution in [-0.4, -0.2) is 54.5 Å². The molecule has 3 aromatic heterocycles. The van der Waals surface area contributed by atoms with E-state index in [2.05, 4.69) is 20.1 Å². The van der Waals surface area contributed by atoms with E-state index in [0.717, 1.165) is 28.0 Å². The van der Waals surface area contributed by atoms with Crippen molar-refractivity contribution in [2.45, 2.75) is 11.8 Å². The monoisotopic (exact) mass is 371 g/mol. The van der Waals surface area contributed by atoms with E-state index in [-0.39, 0.29) is 22.9 Å². The molecule has 136 valence electrons. The van der Waals surface area contributed by atoms with Gasteiger partial charge < -0.3 is 9.88 Å². The molecule has 0 spiro atoms. The van der Waals surface area contributed by atoms with Gasteiger partial charge in [-0.15, -0.1) is 0 Å².